The molecule has 9 nitrogen and oxygen atoms in total. The number of thiophene rings is 1. The second-order valence-corrected chi connectivity index (χ2v) is 9.61. The highest BCUT2D eigenvalue weighted by Gasteiger charge is 2.14. The van der Waals surface area contributed by atoms with E-state index in [4.69, 9.17) is 16.3 Å². The number of carbonyl (C=O) groups excluding carboxylic acids is 1. The molecule has 0 saturated carbocycles. The van der Waals surface area contributed by atoms with Gasteiger partial charge >= 0.3 is 0 Å². The molecule has 0 fully saturated rings. The van der Waals surface area contributed by atoms with Gasteiger partial charge in [-0.05, 0) is 30.3 Å². The minimum Gasteiger partial charge on any atom is -0.489 e. The zero-order valence-electron chi connectivity index (χ0n) is 19.0. The molecule has 0 N–H and O–H groups in total. The Hall–Kier alpha value is -4.02. The lowest BCUT2D eigenvalue weighted by Crippen LogP contribution is -2.16. The van der Waals surface area contributed by atoms with E-state index < -0.39 is 0 Å². The van der Waals surface area contributed by atoms with E-state index in [1.807, 2.05) is 22.9 Å². The van der Waals surface area contributed by atoms with E-state index >= 15 is 0 Å². The highest BCUT2D eigenvalue weighted by Crippen LogP contribution is 2.26. The number of ether oxygens (including phenoxy) is 1. The highest BCUT2D eigenvalue weighted by molar-refractivity contribution is 7.18. The molecule has 0 aliphatic heterocycles. The number of rotatable bonds is 10. The number of imidazole rings is 1. The summed E-state index contributed by atoms with van der Waals surface area (Å²) in [5.74, 6) is 0.562. The van der Waals surface area contributed by atoms with Crippen LogP contribution in [0.25, 0.3) is 11.4 Å². The molecule has 11 heteroatoms. The van der Waals surface area contributed by atoms with Gasteiger partial charge in [-0.15, -0.1) is 16.4 Å². The van der Waals surface area contributed by atoms with Crippen molar-refractivity contribution in [2.24, 2.45) is 0 Å². The van der Waals surface area contributed by atoms with Crippen LogP contribution in [-0.4, -0.2) is 41.5 Å². The average Bonchev–Trinajstić information content (AvgIpc) is 3.66. The normalized spacial score (nSPS) is 11.0. The molecule has 36 heavy (non-hydrogen) atoms. The predicted octanol–water partition coefficient (Wildman–Crippen LogP) is 4.22. The number of pyridine rings is 1. The van der Waals surface area contributed by atoms with Crippen LogP contribution in [-0.2, 0) is 13.0 Å². The standard InChI is InChI=1S/C25H21ClN6O3S/c26-24-9-8-23(36-24)21(33)7-4-18-16-32(29-28-18)20-6-5-19(31-11-2-1-3-25(31)34)15-22(20)35-14-13-30-12-10-27-17-30/h1-3,5-6,8-12,15-17H,4,7,13-14H2. The summed E-state index contributed by atoms with van der Waals surface area (Å²) >= 11 is 7.21. The molecule has 1 aromatic carbocycles. The van der Waals surface area contributed by atoms with Gasteiger partial charge in [-0.1, -0.05) is 22.9 Å². The minimum atomic E-state index is -0.144. The van der Waals surface area contributed by atoms with Crippen molar-refractivity contribution in [1.82, 2.24) is 29.1 Å². The number of nitrogens with zero attached hydrogens (tertiary/aromatic N) is 6. The van der Waals surface area contributed by atoms with Crippen LogP contribution in [0.5, 0.6) is 5.75 Å². The average molecular weight is 521 g/mol. The number of hydrogen-bond acceptors (Lipinski definition) is 7. The fraction of sp³-hybridized carbons (Fsp3) is 0.160. The van der Waals surface area contributed by atoms with Crippen molar-refractivity contribution in [3.63, 3.8) is 0 Å². The van der Waals surface area contributed by atoms with Crippen LogP contribution < -0.4 is 10.3 Å². The number of hydrogen-bond donors (Lipinski definition) is 0. The smallest absolute Gasteiger partial charge is 0.255 e. The lowest BCUT2D eigenvalue weighted by Gasteiger charge is -2.14. The molecule has 5 rings (SSSR count). The summed E-state index contributed by atoms with van der Waals surface area (Å²) in [6.07, 6.45) is 9.53. The molecule has 0 amide bonds. The number of carbonyl (C=O) groups is 1. The van der Waals surface area contributed by atoms with Crippen LogP contribution in [0.2, 0.25) is 4.34 Å². The molecule has 0 spiro atoms. The van der Waals surface area contributed by atoms with Crippen LogP contribution in [0, 0.1) is 0 Å². The van der Waals surface area contributed by atoms with Gasteiger partial charge in [0.2, 0.25) is 0 Å². The largest absolute Gasteiger partial charge is 0.489 e. The molecule has 0 bridgehead atoms. The van der Waals surface area contributed by atoms with Crippen molar-refractivity contribution in [2.45, 2.75) is 19.4 Å². The molecule has 0 aliphatic rings. The molecule has 0 saturated heterocycles. The first-order valence-corrected chi connectivity index (χ1v) is 12.4. The molecule has 5 aromatic rings. The molecular weight excluding hydrogens is 500 g/mol. The van der Waals surface area contributed by atoms with Gasteiger partial charge in [0, 0.05) is 43.6 Å². The minimum absolute atomic E-state index is 0.0163. The van der Waals surface area contributed by atoms with Gasteiger partial charge in [-0.3, -0.25) is 14.2 Å². The first kappa shape index (κ1) is 23.7. The SMILES string of the molecule is O=C(CCc1cn(-c2ccc(-n3ccccc3=O)cc2OCCn2ccnc2)nn1)c1ccc(Cl)s1. The summed E-state index contributed by atoms with van der Waals surface area (Å²) in [6.45, 7) is 0.988. The Bertz CT molecular complexity index is 1540. The third kappa shape index (κ3) is 5.45. The molecule has 0 aliphatic carbocycles. The first-order chi connectivity index (χ1) is 17.6. The van der Waals surface area contributed by atoms with E-state index in [2.05, 4.69) is 15.3 Å². The van der Waals surface area contributed by atoms with Gasteiger partial charge in [0.1, 0.15) is 18.0 Å². The lowest BCUT2D eigenvalue weighted by molar-refractivity contribution is 0.0986. The third-order valence-electron chi connectivity index (χ3n) is 5.45. The van der Waals surface area contributed by atoms with Gasteiger partial charge in [-0.25, -0.2) is 9.67 Å². The second kappa shape index (κ2) is 10.7. The molecule has 0 radical (unpaired) electrons. The second-order valence-electron chi connectivity index (χ2n) is 7.89. The molecule has 4 heterocycles. The highest BCUT2D eigenvalue weighted by atomic mass is 35.5. The maximum atomic E-state index is 12.4. The summed E-state index contributed by atoms with van der Waals surface area (Å²) in [4.78, 5) is 29.4. The summed E-state index contributed by atoms with van der Waals surface area (Å²) in [6, 6.07) is 13.9. The molecule has 0 atom stereocenters. The quantitative estimate of drug-likeness (QED) is 0.256. The van der Waals surface area contributed by atoms with Gasteiger partial charge in [0.05, 0.1) is 39.7 Å². The van der Waals surface area contributed by atoms with Crippen molar-refractivity contribution in [1.29, 1.82) is 0 Å². The van der Waals surface area contributed by atoms with Gasteiger partial charge in [0.15, 0.2) is 5.78 Å². The summed E-state index contributed by atoms with van der Waals surface area (Å²) in [5, 5.41) is 8.49. The van der Waals surface area contributed by atoms with Crippen molar-refractivity contribution < 1.29 is 9.53 Å². The molecule has 0 unspecified atom stereocenters. The van der Waals surface area contributed by atoms with Crippen molar-refractivity contribution in [3.8, 4) is 17.1 Å². The fourth-order valence-corrected chi connectivity index (χ4v) is 4.65. The Balaban J connectivity index is 1.37. The fourth-order valence-electron chi connectivity index (χ4n) is 3.64. The Morgan fingerprint density at radius 1 is 1.11 bits per heavy atom. The van der Waals surface area contributed by atoms with Gasteiger partial charge in [-0.2, -0.15) is 0 Å². The number of ketones is 1. The predicted molar refractivity (Wildman–Crippen MR) is 137 cm³/mol. The van der Waals surface area contributed by atoms with E-state index in [-0.39, 0.29) is 11.3 Å². The van der Waals surface area contributed by atoms with Gasteiger partial charge < -0.3 is 9.30 Å². The number of aromatic nitrogens is 6. The Kier molecular flexibility index (Phi) is 7.06. The van der Waals surface area contributed by atoms with Crippen LogP contribution in [0.1, 0.15) is 21.8 Å². The van der Waals surface area contributed by atoms with Crippen LogP contribution in [0.4, 0.5) is 0 Å². The third-order valence-corrected chi connectivity index (χ3v) is 6.73. The number of halogens is 1. The van der Waals surface area contributed by atoms with Crippen molar-refractivity contribution in [3.05, 3.63) is 105 Å². The Morgan fingerprint density at radius 3 is 2.81 bits per heavy atom. The van der Waals surface area contributed by atoms with E-state index in [1.165, 1.54) is 17.4 Å². The van der Waals surface area contributed by atoms with Gasteiger partial charge in [0.25, 0.3) is 5.56 Å². The van der Waals surface area contributed by atoms with Crippen LogP contribution in [0.15, 0.2) is 84.4 Å². The van der Waals surface area contributed by atoms with E-state index in [0.29, 0.717) is 58.0 Å². The molecule has 182 valence electrons. The zero-order valence-corrected chi connectivity index (χ0v) is 20.6. The van der Waals surface area contributed by atoms with E-state index in [0.717, 1.165) is 0 Å². The maximum Gasteiger partial charge on any atom is 0.255 e. The first-order valence-electron chi connectivity index (χ1n) is 11.2. The maximum absolute atomic E-state index is 12.4. The van der Waals surface area contributed by atoms with E-state index in [9.17, 15) is 9.59 Å². The Morgan fingerprint density at radius 2 is 2.03 bits per heavy atom. The van der Waals surface area contributed by atoms with Crippen molar-refractivity contribution in [2.75, 3.05) is 6.61 Å². The topological polar surface area (TPSA) is 96.8 Å². The zero-order chi connectivity index (χ0) is 24.9. The number of aryl methyl sites for hydroxylation is 1. The molecule has 4 aromatic heterocycles. The number of benzene rings is 1. The lowest BCUT2D eigenvalue weighted by atomic mass is 10.1. The summed E-state index contributed by atoms with van der Waals surface area (Å²) in [5.41, 5.74) is 1.87. The van der Waals surface area contributed by atoms with Crippen molar-refractivity contribution >= 4 is 28.7 Å². The monoisotopic (exact) mass is 520 g/mol. The summed E-state index contributed by atoms with van der Waals surface area (Å²) < 4.78 is 11.8. The number of Topliss-reactive ketones (excluding diaryl/α,β-unsaturated/α-hetero) is 1. The Labute approximate surface area is 215 Å². The summed E-state index contributed by atoms with van der Waals surface area (Å²) in [7, 11) is 0. The van der Waals surface area contributed by atoms with Crippen LogP contribution >= 0.6 is 22.9 Å². The van der Waals surface area contributed by atoms with Crippen LogP contribution in [0.3, 0.4) is 0 Å². The van der Waals surface area contributed by atoms with E-state index in [1.54, 1.807) is 64.5 Å². The molecular formula is C25H21ClN6O3S.